The second kappa shape index (κ2) is 9.52. The molecular weight excluding hydrogens is 460 g/mol. The SMILES string of the molecule is CC[SH+](=O)N[C@@H]1[C@H](Cc2cccc(-c3cc(F)cc(F)c3)c2)N(C(=O)C2CCO2)CC1(F)F. The Labute approximate surface area is 191 Å². The molecule has 0 radical (unpaired) electrons. The molecule has 178 valence electrons. The molecule has 1 N–H and O–H groups in total. The minimum atomic E-state index is -3.28. The van der Waals surface area contributed by atoms with E-state index in [0.717, 1.165) is 11.0 Å². The van der Waals surface area contributed by atoms with E-state index < -0.39 is 59.2 Å². The van der Waals surface area contributed by atoms with Gasteiger partial charge in [0.05, 0.1) is 19.2 Å². The van der Waals surface area contributed by atoms with Crippen LogP contribution >= 0.6 is 0 Å². The Bertz CT molecular complexity index is 1040. The lowest BCUT2D eigenvalue weighted by molar-refractivity contribution is -0.158. The van der Waals surface area contributed by atoms with Gasteiger partial charge in [-0.25, -0.2) is 17.6 Å². The Morgan fingerprint density at radius 1 is 1.18 bits per heavy atom. The molecule has 1 amide bonds. The molecule has 0 spiro atoms. The van der Waals surface area contributed by atoms with E-state index in [-0.39, 0.29) is 12.2 Å². The third kappa shape index (κ3) is 5.12. The van der Waals surface area contributed by atoms with Crippen molar-refractivity contribution in [1.29, 1.82) is 0 Å². The molecule has 2 unspecified atom stereocenters. The number of ether oxygens (including phenoxy) is 1. The maximum Gasteiger partial charge on any atom is 0.286 e. The molecule has 0 aliphatic carbocycles. The summed E-state index contributed by atoms with van der Waals surface area (Å²) >= 11 is 0. The van der Waals surface area contributed by atoms with E-state index in [1.165, 1.54) is 12.1 Å². The third-order valence-corrected chi connectivity index (χ3v) is 7.16. The summed E-state index contributed by atoms with van der Waals surface area (Å²) in [6.07, 6.45) is -0.233. The van der Waals surface area contributed by atoms with Crippen molar-refractivity contribution in [2.24, 2.45) is 0 Å². The summed E-state index contributed by atoms with van der Waals surface area (Å²) in [7, 11) is -2.07. The minimum Gasteiger partial charge on any atom is -0.368 e. The number of thiol groups is 1. The second-order valence-corrected chi connectivity index (χ2v) is 9.95. The van der Waals surface area contributed by atoms with Crippen molar-refractivity contribution < 1.29 is 31.3 Å². The smallest absolute Gasteiger partial charge is 0.286 e. The number of rotatable bonds is 7. The molecule has 2 aliphatic heterocycles. The lowest BCUT2D eigenvalue weighted by atomic mass is 9.95. The highest BCUT2D eigenvalue weighted by atomic mass is 32.2. The van der Waals surface area contributed by atoms with Crippen LogP contribution < -0.4 is 4.72 Å². The van der Waals surface area contributed by atoms with Gasteiger partial charge in [0, 0.05) is 12.5 Å². The fourth-order valence-corrected chi connectivity index (χ4v) is 5.11. The Hall–Kier alpha value is -2.30. The number of carbonyl (C=O) groups excluding carboxylic acids is 1. The summed E-state index contributed by atoms with van der Waals surface area (Å²) in [5.74, 6) is -5.07. The fourth-order valence-electron chi connectivity index (χ4n) is 4.26. The van der Waals surface area contributed by atoms with Gasteiger partial charge < -0.3 is 9.64 Å². The largest absolute Gasteiger partial charge is 0.368 e. The van der Waals surface area contributed by atoms with E-state index in [1.807, 2.05) is 0 Å². The van der Waals surface area contributed by atoms with Gasteiger partial charge >= 0.3 is 0 Å². The second-order valence-electron chi connectivity index (χ2n) is 8.31. The predicted octanol–water partition coefficient (Wildman–Crippen LogP) is 3.40. The van der Waals surface area contributed by atoms with E-state index in [0.29, 0.717) is 29.7 Å². The normalized spacial score (nSPS) is 25.0. The lowest BCUT2D eigenvalue weighted by Gasteiger charge is -2.33. The van der Waals surface area contributed by atoms with Gasteiger partial charge in [-0.3, -0.25) is 4.79 Å². The monoisotopic (exact) mass is 485 g/mol. The molecular formula is C23H25F4N2O3S+. The van der Waals surface area contributed by atoms with Crippen molar-refractivity contribution in [3.8, 4) is 11.1 Å². The van der Waals surface area contributed by atoms with Crippen LogP contribution in [0.25, 0.3) is 11.1 Å². The van der Waals surface area contributed by atoms with Crippen molar-refractivity contribution >= 4 is 16.9 Å². The Kier molecular flexibility index (Phi) is 6.88. The van der Waals surface area contributed by atoms with Gasteiger partial charge in [0.2, 0.25) is 0 Å². The van der Waals surface area contributed by atoms with Crippen molar-refractivity contribution in [2.45, 2.75) is 43.9 Å². The third-order valence-electron chi connectivity index (χ3n) is 6.02. The summed E-state index contributed by atoms with van der Waals surface area (Å²) in [5, 5.41) is 0. The van der Waals surface area contributed by atoms with Gasteiger partial charge in [0.1, 0.15) is 40.5 Å². The lowest BCUT2D eigenvalue weighted by Crippen LogP contribution is -2.53. The zero-order valence-corrected chi connectivity index (χ0v) is 18.8. The number of likely N-dealkylation sites (tertiary alicyclic amines) is 1. The highest BCUT2D eigenvalue weighted by Gasteiger charge is 2.58. The number of hydrogen-bond donors (Lipinski definition) is 1. The van der Waals surface area contributed by atoms with Crippen LogP contribution in [0, 0.1) is 11.6 Å². The van der Waals surface area contributed by atoms with Gasteiger partial charge in [0.15, 0.2) is 0 Å². The quantitative estimate of drug-likeness (QED) is 0.372. The number of nitrogens with one attached hydrogen (secondary N) is 1. The first-order valence-corrected chi connectivity index (χ1v) is 12.2. The van der Waals surface area contributed by atoms with Crippen molar-refractivity contribution in [2.75, 3.05) is 18.9 Å². The summed E-state index contributed by atoms with van der Waals surface area (Å²) in [6, 6.07) is 7.36. The first-order chi connectivity index (χ1) is 15.7. The number of hydrogen-bond acceptors (Lipinski definition) is 3. The summed E-state index contributed by atoms with van der Waals surface area (Å²) in [6.45, 7) is 1.23. The van der Waals surface area contributed by atoms with Crippen LogP contribution in [0.1, 0.15) is 18.9 Å². The molecule has 4 rings (SSSR count). The van der Waals surface area contributed by atoms with Crippen LogP contribution in [0.15, 0.2) is 42.5 Å². The Balaban J connectivity index is 1.65. The number of amides is 1. The fraction of sp³-hybridized carbons (Fsp3) is 0.435. The summed E-state index contributed by atoms with van der Waals surface area (Å²) in [4.78, 5) is 14.0. The average molecular weight is 486 g/mol. The molecule has 2 aromatic rings. The highest BCUT2D eigenvalue weighted by molar-refractivity contribution is 7.82. The van der Waals surface area contributed by atoms with Gasteiger partial charge in [-0.05, 0) is 42.2 Å². The van der Waals surface area contributed by atoms with Crippen molar-refractivity contribution in [3.05, 3.63) is 59.7 Å². The number of carbonyl (C=O) groups is 1. The summed E-state index contributed by atoms with van der Waals surface area (Å²) in [5.41, 5.74) is 1.43. The maximum atomic E-state index is 15.0. The topological polar surface area (TPSA) is 58.6 Å². The highest BCUT2D eigenvalue weighted by Crippen LogP contribution is 2.36. The molecule has 2 fully saturated rings. The molecule has 0 aromatic heterocycles. The van der Waals surface area contributed by atoms with E-state index in [1.54, 1.807) is 31.2 Å². The van der Waals surface area contributed by atoms with Crippen LogP contribution in [-0.2, 0) is 31.1 Å². The molecule has 2 saturated heterocycles. The molecule has 0 saturated carbocycles. The molecule has 0 bridgehead atoms. The molecule has 33 heavy (non-hydrogen) atoms. The van der Waals surface area contributed by atoms with Crippen molar-refractivity contribution in [1.82, 2.24) is 9.62 Å². The minimum absolute atomic E-state index is 0.0459. The van der Waals surface area contributed by atoms with Crippen LogP contribution in [0.3, 0.4) is 0 Å². The maximum absolute atomic E-state index is 15.0. The van der Waals surface area contributed by atoms with E-state index >= 15 is 0 Å². The van der Waals surface area contributed by atoms with Crippen LogP contribution in [-0.4, -0.2) is 53.8 Å². The predicted molar refractivity (Wildman–Crippen MR) is 117 cm³/mol. The Morgan fingerprint density at radius 2 is 1.88 bits per heavy atom. The number of nitrogens with zero attached hydrogens (tertiary/aromatic N) is 1. The standard InChI is InChI=1S/C23H24F4N2O3S/c1-2-33(31)28-21-19(29(13-23(21,26)27)22(30)20-6-7-32-20)9-14-4-3-5-15(8-14)16-10-17(24)12-18(25)11-16/h3-5,8,10-12,19-21H,2,6-7,9,13H2,1H3,(H,28,31)/p+1/t19-,20?,21+,33?/m0/s1. The first kappa shape index (κ1) is 23.8. The van der Waals surface area contributed by atoms with Crippen molar-refractivity contribution in [3.63, 3.8) is 0 Å². The molecule has 2 aliphatic rings. The van der Waals surface area contributed by atoms with Crippen LogP contribution in [0.4, 0.5) is 17.6 Å². The van der Waals surface area contributed by atoms with Gasteiger partial charge in [-0.15, -0.1) is 4.72 Å². The molecule has 2 aromatic carbocycles. The first-order valence-electron chi connectivity index (χ1n) is 10.7. The zero-order valence-electron chi connectivity index (χ0n) is 17.9. The zero-order chi connectivity index (χ0) is 23.8. The number of benzene rings is 2. The average Bonchev–Trinajstić information content (AvgIpc) is 2.96. The molecule has 2 heterocycles. The number of alkyl halides is 2. The van der Waals surface area contributed by atoms with Gasteiger partial charge in [0.25, 0.3) is 11.8 Å². The Morgan fingerprint density at radius 3 is 2.48 bits per heavy atom. The van der Waals surface area contributed by atoms with Crippen LogP contribution in [0.5, 0.6) is 0 Å². The molecule has 5 nitrogen and oxygen atoms in total. The van der Waals surface area contributed by atoms with Gasteiger partial charge in [-0.1, -0.05) is 28.5 Å². The molecule has 4 atom stereocenters. The van der Waals surface area contributed by atoms with E-state index in [4.69, 9.17) is 4.74 Å². The van der Waals surface area contributed by atoms with Gasteiger partial charge in [-0.2, -0.15) is 0 Å². The molecule has 10 heteroatoms. The van der Waals surface area contributed by atoms with E-state index in [9.17, 15) is 26.6 Å². The van der Waals surface area contributed by atoms with Crippen LogP contribution in [0.2, 0.25) is 0 Å². The number of halogens is 4. The summed E-state index contributed by atoms with van der Waals surface area (Å²) < 4.78 is 77.2. The van der Waals surface area contributed by atoms with E-state index in [2.05, 4.69) is 4.72 Å².